The number of oxazole rings is 1. The van der Waals surface area contributed by atoms with Crippen molar-refractivity contribution in [3.05, 3.63) is 34.3 Å². The second kappa shape index (κ2) is 4.86. The van der Waals surface area contributed by atoms with E-state index in [1.807, 2.05) is 6.92 Å². The lowest BCUT2D eigenvalue weighted by atomic mass is 10.1. The molecular formula is C12H14N2O3. The molecule has 0 aliphatic heterocycles. The minimum absolute atomic E-state index is 0.0166. The lowest BCUT2D eigenvalue weighted by Gasteiger charge is -2.03. The number of H-pyrrole nitrogens is 1. The van der Waals surface area contributed by atoms with Crippen LogP contribution < -0.4 is 11.1 Å². The SMILES string of the molecule is CCCNC(=O)Cc1ccc2oc(=O)[nH]c2c1. The van der Waals surface area contributed by atoms with Crippen molar-refractivity contribution in [2.45, 2.75) is 19.8 Å². The molecule has 1 amide bonds. The fourth-order valence-electron chi connectivity index (χ4n) is 1.62. The molecule has 0 radical (unpaired) electrons. The van der Waals surface area contributed by atoms with Crippen LogP contribution in [0.1, 0.15) is 18.9 Å². The van der Waals surface area contributed by atoms with E-state index in [4.69, 9.17) is 4.42 Å². The molecule has 0 spiro atoms. The third kappa shape index (κ3) is 2.75. The summed E-state index contributed by atoms with van der Waals surface area (Å²) in [6.07, 6.45) is 1.23. The molecule has 2 aromatic rings. The van der Waals surface area contributed by atoms with Gasteiger partial charge in [0.15, 0.2) is 5.58 Å². The topological polar surface area (TPSA) is 75.1 Å². The monoisotopic (exact) mass is 234 g/mol. The first kappa shape index (κ1) is 11.4. The van der Waals surface area contributed by atoms with Crippen molar-refractivity contribution in [2.75, 3.05) is 6.54 Å². The summed E-state index contributed by atoms with van der Waals surface area (Å²) in [5, 5.41) is 2.80. The van der Waals surface area contributed by atoms with Crippen molar-refractivity contribution in [3.8, 4) is 0 Å². The quantitative estimate of drug-likeness (QED) is 0.834. The van der Waals surface area contributed by atoms with E-state index < -0.39 is 5.76 Å². The molecule has 1 heterocycles. The van der Waals surface area contributed by atoms with Gasteiger partial charge in [0.2, 0.25) is 5.91 Å². The van der Waals surface area contributed by atoms with Gasteiger partial charge in [-0.2, -0.15) is 0 Å². The Bertz CT molecular complexity index is 583. The molecule has 1 aromatic heterocycles. The Morgan fingerprint density at radius 3 is 3.06 bits per heavy atom. The maximum atomic E-state index is 11.5. The van der Waals surface area contributed by atoms with Crippen molar-refractivity contribution in [1.29, 1.82) is 0 Å². The molecule has 0 bridgehead atoms. The highest BCUT2D eigenvalue weighted by Crippen LogP contribution is 2.12. The number of amides is 1. The number of rotatable bonds is 4. The molecule has 0 unspecified atom stereocenters. The molecule has 5 heteroatoms. The van der Waals surface area contributed by atoms with E-state index in [0.29, 0.717) is 24.1 Å². The third-order valence-corrected chi connectivity index (χ3v) is 2.42. The zero-order valence-corrected chi connectivity index (χ0v) is 9.58. The van der Waals surface area contributed by atoms with Gasteiger partial charge in [0.25, 0.3) is 0 Å². The number of aromatic amines is 1. The molecule has 0 fully saturated rings. The van der Waals surface area contributed by atoms with E-state index >= 15 is 0 Å². The zero-order chi connectivity index (χ0) is 12.3. The van der Waals surface area contributed by atoms with Gasteiger partial charge in [-0.25, -0.2) is 4.79 Å². The lowest BCUT2D eigenvalue weighted by Crippen LogP contribution is -2.25. The minimum Gasteiger partial charge on any atom is -0.408 e. The first-order valence-corrected chi connectivity index (χ1v) is 5.57. The fraction of sp³-hybridized carbons (Fsp3) is 0.333. The highest BCUT2D eigenvalue weighted by atomic mass is 16.4. The van der Waals surface area contributed by atoms with Gasteiger partial charge >= 0.3 is 5.76 Å². The van der Waals surface area contributed by atoms with Gasteiger partial charge in [0, 0.05) is 6.54 Å². The van der Waals surface area contributed by atoms with Gasteiger partial charge in [-0.1, -0.05) is 13.0 Å². The lowest BCUT2D eigenvalue weighted by molar-refractivity contribution is -0.120. The molecule has 0 aliphatic rings. The molecule has 0 aliphatic carbocycles. The Morgan fingerprint density at radius 2 is 2.29 bits per heavy atom. The standard InChI is InChI=1S/C12H14N2O3/c1-2-5-13-11(15)7-8-3-4-10-9(6-8)14-12(16)17-10/h3-4,6H,2,5,7H2,1H3,(H,13,15)(H,14,16). The van der Waals surface area contributed by atoms with E-state index in [-0.39, 0.29) is 5.91 Å². The van der Waals surface area contributed by atoms with E-state index in [1.165, 1.54) is 0 Å². The molecule has 5 nitrogen and oxygen atoms in total. The molecule has 17 heavy (non-hydrogen) atoms. The van der Waals surface area contributed by atoms with Crippen LogP contribution in [0.2, 0.25) is 0 Å². The third-order valence-electron chi connectivity index (χ3n) is 2.42. The smallest absolute Gasteiger partial charge is 0.408 e. The highest BCUT2D eigenvalue weighted by molar-refractivity contribution is 5.80. The van der Waals surface area contributed by atoms with Crippen LogP contribution in [0.4, 0.5) is 0 Å². The van der Waals surface area contributed by atoms with Crippen LogP contribution in [0.5, 0.6) is 0 Å². The maximum absolute atomic E-state index is 11.5. The first-order valence-electron chi connectivity index (χ1n) is 5.57. The Hall–Kier alpha value is -2.04. The molecule has 1 aromatic carbocycles. The number of aromatic nitrogens is 1. The summed E-state index contributed by atoms with van der Waals surface area (Å²) < 4.78 is 4.88. The van der Waals surface area contributed by atoms with Crippen LogP contribution in [-0.4, -0.2) is 17.4 Å². The second-order valence-corrected chi connectivity index (χ2v) is 3.87. The van der Waals surface area contributed by atoms with Crippen molar-refractivity contribution >= 4 is 17.0 Å². The maximum Gasteiger partial charge on any atom is 0.417 e. The predicted octanol–water partition coefficient (Wildman–Crippen LogP) is 1.19. The molecule has 2 N–H and O–H groups in total. The van der Waals surface area contributed by atoms with Crippen LogP contribution >= 0.6 is 0 Å². The number of hydrogen-bond donors (Lipinski definition) is 2. The number of carbonyl (C=O) groups excluding carboxylic acids is 1. The Labute approximate surface area is 97.8 Å². The summed E-state index contributed by atoms with van der Waals surface area (Å²) in [4.78, 5) is 25.0. The van der Waals surface area contributed by atoms with Crippen LogP contribution in [0.25, 0.3) is 11.1 Å². The van der Waals surface area contributed by atoms with Crippen LogP contribution in [0.15, 0.2) is 27.4 Å². The number of nitrogens with one attached hydrogen (secondary N) is 2. The molecule has 90 valence electrons. The fourth-order valence-corrected chi connectivity index (χ4v) is 1.62. The molecule has 0 atom stereocenters. The van der Waals surface area contributed by atoms with E-state index in [1.54, 1.807) is 18.2 Å². The summed E-state index contributed by atoms with van der Waals surface area (Å²) in [6.45, 7) is 2.69. The number of hydrogen-bond acceptors (Lipinski definition) is 3. The average Bonchev–Trinajstić information content (AvgIpc) is 2.65. The van der Waals surface area contributed by atoms with Gasteiger partial charge in [-0.3, -0.25) is 9.78 Å². The van der Waals surface area contributed by atoms with Crippen molar-refractivity contribution in [2.24, 2.45) is 0 Å². The van der Waals surface area contributed by atoms with Crippen molar-refractivity contribution in [3.63, 3.8) is 0 Å². The Kier molecular flexibility index (Phi) is 3.27. The van der Waals surface area contributed by atoms with Crippen molar-refractivity contribution in [1.82, 2.24) is 10.3 Å². The van der Waals surface area contributed by atoms with Crippen LogP contribution in [0, 0.1) is 0 Å². The van der Waals surface area contributed by atoms with Crippen LogP contribution in [0.3, 0.4) is 0 Å². The molecule has 0 saturated carbocycles. The van der Waals surface area contributed by atoms with Gasteiger partial charge < -0.3 is 9.73 Å². The summed E-state index contributed by atoms with van der Waals surface area (Å²) in [7, 11) is 0. The van der Waals surface area contributed by atoms with Crippen LogP contribution in [-0.2, 0) is 11.2 Å². The summed E-state index contributed by atoms with van der Waals surface area (Å²) in [6, 6.07) is 5.23. The predicted molar refractivity (Wildman–Crippen MR) is 63.8 cm³/mol. The second-order valence-electron chi connectivity index (χ2n) is 3.87. The van der Waals surface area contributed by atoms with Crippen molar-refractivity contribution < 1.29 is 9.21 Å². The molecular weight excluding hydrogens is 220 g/mol. The van der Waals surface area contributed by atoms with Gasteiger partial charge in [-0.05, 0) is 24.1 Å². The van der Waals surface area contributed by atoms with Gasteiger partial charge in [0.05, 0.1) is 11.9 Å². The van der Waals surface area contributed by atoms with Gasteiger partial charge in [-0.15, -0.1) is 0 Å². The van der Waals surface area contributed by atoms with E-state index in [2.05, 4.69) is 10.3 Å². The van der Waals surface area contributed by atoms with E-state index in [9.17, 15) is 9.59 Å². The summed E-state index contributed by atoms with van der Waals surface area (Å²) in [5.41, 5.74) is 1.98. The number of benzene rings is 1. The number of fused-ring (bicyclic) bond motifs is 1. The van der Waals surface area contributed by atoms with Gasteiger partial charge in [0.1, 0.15) is 0 Å². The Morgan fingerprint density at radius 1 is 1.47 bits per heavy atom. The average molecular weight is 234 g/mol. The normalized spacial score (nSPS) is 10.6. The molecule has 0 saturated heterocycles. The number of carbonyl (C=O) groups is 1. The highest BCUT2D eigenvalue weighted by Gasteiger charge is 2.05. The summed E-state index contributed by atoms with van der Waals surface area (Å²) >= 11 is 0. The minimum atomic E-state index is -0.479. The largest absolute Gasteiger partial charge is 0.417 e. The zero-order valence-electron chi connectivity index (χ0n) is 9.58. The molecule has 2 rings (SSSR count). The van der Waals surface area contributed by atoms with E-state index in [0.717, 1.165) is 12.0 Å². The summed E-state index contributed by atoms with van der Waals surface area (Å²) in [5.74, 6) is -0.496. The Balaban J connectivity index is 2.13. The first-order chi connectivity index (χ1) is 8.19.